The summed E-state index contributed by atoms with van der Waals surface area (Å²) >= 11 is 0. The lowest BCUT2D eigenvalue weighted by molar-refractivity contribution is 0.0952. The highest BCUT2D eigenvalue weighted by Crippen LogP contribution is 2.08. The van der Waals surface area contributed by atoms with E-state index in [1.54, 1.807) is 0 Å². The van der Waals surface area contributed by atoms with Crippen LogP contribution in [0.4, 0.5) is 8.78 Å². The molecule has 17 heavy (non-hydrogen) atoms. The molecule has 0 aliphatic rings. The van der Waals surface area contributed by atoms with E-state index in [1.807, 2.05) is 6.92 Å². The summed E-state index contributed by atoms with van der Waals surface area (Å²) in [5.41, 5.74) is 5.60. The van der Waals surface area contributed by atoms with E-state index in [2.05, 4.69) is 5.32 Å². The highest BCUT2D eigenvalue weighted by atomic mass is 35.5. The Morgan fingerprint density at radius 1 is 1.41 bits per heavy atom. The summed E-state index contributed by atoms with van der Waals surface area (Å²) in [6.07, 6.45) is 0.634. The van der Waals surface area contributed by atoms with Gasteiger partial charge in [0.2, 0.25) is 0 Å². The van der Waals surface area contributed by atoms with Gasteiger partial charge >= 0.3 is 0 Å². The minimum Gasteiger partial charge on any atom is -0.352 e. The molecule has 96 valence electrons. The fourth-order valence-corrected chi connectivity index (χ4v) is 1.15. The number of halogens is 3. The third-order valence-electron chi connectivity index (χ3n) is 2.07. The first-order chi connectivity index (χ1) is 7.50. The number of amides is 1. The predicted octanol–water partition coefficient (Wildman–Crippen LogP) is 1.85. The summed E-state index contributed by atoms with van der Waals surface area (Å²) in [5, 5.41) is 2.57. The summed E-state index contributed by atoms with van der Waals surface area (Å²) in [6.45, 7) is 2.24. The molecule has 1 rings (SSSR count). The monoisotopic (exact) mass is 264 g/mol. The topological polar surface area (TPSA) is 55.1 Å². The SMILES string of the molecule is CC(N)CCNC(=O)c1ccc(F)c(F)c1.Cl. The summed E-state index contributed by atoms with van der Waals surface area (Å²) < 4.78 is 25.4. The zero-order chi connectivity index (χ0) is 12.1. The Morgan fingerprint density at radius 2 is 2.06 bits per heavy atom. The van der Waals surface area contributed by atoms with Crippen molar-refractivity contribution in [3.63, 3.8) is 0 Å². The molecule has 1 amide bonds. The second kappa shape index (κ2) is 7.19. The van der Waals surface area contributed by atoms with Gasteiger partial charge in [0.05, 0.1) is 0 Å². The Labute approximate surface area is 105 Å². The van der Waals surface area contributed by atoms with Crippen molar-refractivity contribution in [2.75, 3.05) is 6.54 Å². The number of hydrogen-bond acceptors (Lipinski definition) is 2. The van der Waals surface area contributed by atoms with Gasteiger partial charge in [-0.25, -0.2) is 8.78 Å². The molecule has 0 bridgehead atoms. The van der Waals surface area contributed by atoms with Crippen LogP contribution >= 0.6 is 12.4 Å². The predicted molar refractivity (Wildman–Crippen MR) is 64.2 cm³/mol. The Morgan fingerprint density at radius 3 is 2.59 bits per heavy atom. The molecule has 0 spiro atoms. The number of nitrogens with two attached hydrogens (primary N) is 1. The maximum Gasteiger partial charge on any atom is 0.251 e. The van der Waals surface area contributed by atoms with Crippen LogP contribution in [0.3, 0.4) is 0 Å². The number of nitrogens with one attached hydrogen (secondary N) is 1. The molecule has 1 atom stereocenters. The van der Waals surface area contributed by atoms with Gasteiger partial charge in [-0.3, -0.25) is 4.79 Å². The molecule has 1 aromatic carbocycles. The Kier molecular flexibility index (Phi) is 6.68. The van der Waals surface area contributed by atoms with Crippen molar-refractivity contribution in [1.29, 1.82) is 0 Å². The van der Waals surface area contributed by atoms with Gasteiger partial charge < -0.3 is 11.1 Å². The Hall–Kier alpha value is -1.20. The van der Waals surface area contributed by atoms with Crippen LogP contribution in [0.2, 0.25) is 0 Å². The largest absolute Gasteiger partial charge is 0.352 e. The van der Waals surface area contributed by atoms with Crippen LogP contribution in [-0.2, 0) is 0 Å². The van der Waals surface area contributed by atoms with E-state index in [9.17, 15) is 13.6 Å². The number of carbonyl (C=O) groups excluding carboxylic acids is 1. The molecule has 0 fully saturated rings. The van der Waals surface area contributed by atoms with Crippen LogP contribution in [0.25, 0.3) is 0 Å². The molecule has 0 aliphatic carbocycles. The highest BCUT2D eigenvalue weighted by molar-refractivity contribution is 5.94. The average molecular weight is 265 g/mol. The van der Waals surface area contributed by atoms with E-state index < -0.39 is 17.5 Å². The normalized spacial score (nSPS) is 11.5. The van der Waals surface area contributed by atoms with E-state index in [-0.39, 0.29) is 24.0 Å². The van der Waals surface area contributed by atoms with Gasteiger partial charge in [0.25, 0.3) is 5.91 Å². The minimum atomic E-state index is -1.03. The van der Waals surface area contributed by atoms with E-state index >= 15 is 0 Å². The van der Waals surface area contributed by atoms with Crippen molar-refractivity contribution in [2.45, 2.75) is 19.4 Å². The Balaban J connectivity index is 0.00000256. The van der Waals surface area contributed by atoms with Crippen LogP contribution in [0.5, 0.6) is 0 Å². The molecule has 0 saturated carbocycles. The lowest BCUT2D eigenvalue weighted by Crippen LogP contribution is -2.29. The third-order valence-corrected chi connectivity index (χ3v) is 2.07. The van der Waals surface area contributed by atoms with Gasteiger partial charge in [-0.15, -0.1) is 12.4 Å². The number of benzene rings is 1. The number of hydrogen-bond donors (Lipinski definition) is 2. The van der Waals surface area contributed by atoms with Crippen molar-refractivity contribution in [2.24, 2.45) is 5.73 Å². The van der Waals surface area contributed by atoms with Crippen molar-refractivity contribution in [1.82, 2.24) is 5.32 Å². The lowest BCUT2D eigenvalue weighted by Gasteiger charge is -2.07. The standard InChI is InChI=1S/C11H14F2N2O.ClH/c1-7(14)4-5-15-11(16)8-2-3-9(12)10(13)6-8;/h2-3,6-7H,4-5,14H2,1H3,(H,15,16);1H. The van der Waals surface area contributed by atoms with Crippen LogP contribution in [-0.4, -0.2) is 18.5 Å². The third kappa shape index (κ3) is 5.10. The van der Waals surface area contributed by atoms with Gasteiger partial charge in [-0.2, -0.15) is 0 Å². The van der Waals surface area contributed by atoms with Crippen LogP contribution < -0.4 is 11.1 Å². The van der Waals surface area contributed by atoms with Gasteiger partial charge in [0, 0.05) is 18.2 Å². The highest BCUT2D eigenvalue weighted by Gasteiger charge is 2.09. The fourth-order valence-electron chi connectivity index (χ4n) is 1.15. The molecule has 6 heteroatoms. The van der Waals surface area contributed by atoms with Crippen LogP contribution in [0, 0.1) is 11.6 Å². The molecule has 3 nitrogen and oxygen atoms in total. The molecule has 1 unspecified atom stereocenters. The number of carbonyl (C=O) groups is 1. The maximum absolute atomic E-state index is 12.8. The first kappa shape index (κ1) is 15.8. The van der Waals surface area contributed by atoms with Gasteiger partial charge in [-0.1, -0.05) is 0 Å². The summed E-state index contributed by atoms with van der Waals surface area (Å²) in [4.78, 5) is 11.4. The zero-order valence-electron chi connectivity index (χ0n) is 9.37. The molecule has 0 aliphatic heterocycles. The molecule has 0 saturated heterocycles. The molecule has 0 radical (unpaired) electrons. The summed E-state index contributed by atoms with van der Waals surface area (Å²) in [6, 6.07) is 3.02. The lowest BCUT2D eigenvalue weighted by atomic mass is 10.2. The summed E-state index contributed by atoms with van der Waals surface area (Å²) in [5.74, 6) is -2.42. The minimum absolute atomic E-state index is 0. The summed E-state index contributed by atoms with van der Waals surface area (Å²) in [7, 11) is 0. The van der Waals surface area contributed by atoms with E-state index in [0.717, 1.165) is 12.1 Å². The van der Waals surface area contributed by atoms with E-state index in [0.29, 0.717) is 13.0 Å². The second-order valence-electron chi connectivity index (χ2n) is 3.65. The fraction of sp³-hybridized carbons (Fsp3) is 0.364. The van der Waals surface area contributed by atoms with Gasteiger partial charge in [-0.05, 0) is 31.5 Å². The van der Waals surface area contributed by atoms with Crippen molar-refractivity contribution >= 4 is 18.3 Å². The smallest absolute Gasteiger partial charge is 0.251 e. The number of rotatable bonds is 4. The molecular formula is C11H15ClF2N2O. The van der Waals surface area contributed by atoms with Gasteiger partial charge in [0.15, 0.2) is 11.6 Å². The molecule has 0 heterocycles. The van der Waals surface area contributed by atoms with E-state index in [1.165, 1.54) is 6.07 Å². The quantitative estimate of drug-likeness (QED) is 0.872. The van der Waals surface area contributed by atoms with Crippen LogP contribution in [0.15, 0.2) is 18.2 Å². The first-order valence-electron chi connectivity index (χ1n) is 4.99. The van der Waals surface area contributed by atoms with Crippen molar-refractivity contribution < 1.29 is 13.6 Å². The molecule has 3 N–H and O–H groups in total. The molecule has 0 aromatic heterocycles. The average Bonchev–Trinajstić information content (AvgIpc) is 2.21. The first-order valence-corrected chi connectivity index (χ1v) is 4.99. The molecule has 1 aromatic rings. The van der Waals surface area contributed by atoms with E-state index in [4.69, 9.17) is 5.73 Å². The molecular weight excluding hydrogens is 250 g/mol. The second-order valence-corrected chi connectivity index (χ2v) is 3.65. The van der Waals surface area contributed by atoms with Gasteiger partial charge in [0.1, 0.15) is 0 Å². The van der Waals surface area contributed by atoms with Crippen molar-refractivity contribution in [3.8, 4) is 0 Å². The van der Waals surface area contributed by atoms with Crippen molar-refractivity contribution in [3.05, 3.63) is 35.4 Å². The van der Waals surface area contributed by atoms with Crippen LogP contribution in [0.1, 0.15) is 23.7 Å². The Bertz CT molecular complexity index is 386. The zero-order valence-corrected chi connectivity index (χ0v) is 10.2. The maximum atomic E-state index is 12.8.